The van der Waals surface area contributed by atoms with Crippen molar-refractivity contribution in [3.63, 3.8) is 0 Å². The van der Waals surface area contributed by atoms with Crippen molar-refractivity contribution >= 4 is 0 Å². The SMILES string of the molecule is CCc1ccc(C(NN)c2ccco2)cc1. The maximum absolute atomic E-state index is 5.56. The zero-order valence-electron chi connectivity index (χ0n) is 9.31. The first-order valence-corrected chi connectivity index (χ1v) is 5.43. The molecule has 3 nitrogen and oxygen atoms in total. The van der Waals surface area contributed by atoms with Crippen LogP contribution in [0.25, 0.3) is 0 Å². The summed E-state index contributed by atoms with van der Waals surface area (Å²) in [4.78, 5) is 0. The zero-order chi connectivity index (χ0) is 11.4. The lowest BCUT2D eigenvalue weighted by Gasteiger charge is -2.14. The van der Waals surface area contributed by atoms with Crippen molar-refractivity contribution in [1.29, 1.82) is 0 Å². The predicted octanol–water partition coefficient (Wildman–Crippen LogP) is 2.39. The van der Waals surface area contributed by atoms with Gasteiger partial charge in [0.05, 0.1) is 6.26 Å². The molecule has 1 unspecified atom stereocenters. The van der Waals surface area contributed by atoms with Crippen LogP contribution in [0, 0.1) is 0 Å². The number of nitrogens with two attached hydrogens (primary N) is 1. The van der Waals surface area contributed by atoms with Crippen molar-refractivity contribution in [2.75, 3.05) is 0 Å². The molecule has 1 aromatic carbocycles. The first-order chi connectivity index (χ1) is 7.85. The van der Waals surface area contributed by atoms with Crippen molar-refractivity contribution in [3.05, 3.63) is 59.5 Å². The van der Waals surface area contributed by atoms with Crippen LogP contribution in [-0.4, -0.2) is 0 Å². The van der Waals surface area contributed by atoms with Gasteiger partial charge in [0, 0.05) is 0 Å². The average molecular weight is 216 g/mol. The van der Waals surface area contributed by atoms with Crippen molar-refractivity contribution in [2.24, 2.45) is 5.84 Å². The normalized spacial score (nSPS) is 12.6. The monoisotopic (exact) mass is 216 g/mol. The molecular weight excluding hydrogens is 200 g/mol. The van der Waals surface area contributed by atoms with Crippen molar-refractivity contribution in [2.45, 2.75) is 19.4 Å². The first kappa shape index (κ1) is 10.9. The second-order valence-electron chi connectivity index (χ2n) is 3.71. The van der Waals surface area contributed by atoms with E-state index in [0.29, 0.717) is 0 Å². The largest absolute Gasteiger partial charge is 0.467 e. The summed E-state index contributed by atoms with van der Waals surface area (Å²) in [6, 6.07) is 12.1. The van der Waals surface area contributed by atoms with Gasteiger partial charge in [0.15, 0.2) is 0 Å². The number of hydrogen-bond acceptors (Lipinski definition) is 3. The minimum atomic E-state index is -0.0825. The van der Waals surface area contributed by atoms with Crippen LogP contribution < -0.4 is 11.3 Å². The molecule has 0 amide bonds. The number of benzene rings is 1. The smallest absolute Gasteiger partial charge is 0.126 e. The topological polar surface area (TPSA) is 51.2 Å². The van der Waals surface area contributed by atoms with E-state index in [4.69, 9.17) is 10.3 Å². The molecule has 0 saturated carbocycles. The highest BCUT2D eigenvalue weighted by atomic mass is 16.3. The molecule has 1 heterocycles. The van der Waals surface area contributed by atoms with Crippen LogP contribution in [0.5, 0.6) is 0 Å². The molecule has 3 N–H and O–H groups in total. The standard InChI is InChI=1S/C13H16N2O/c1-2-10-5-7-11(8-6-10)13(15-14)12-4-3-9-16-12/h3-9,13,15H,2,14H2,1H3. The zero-order valence-corrected chi connectivity index (χ0v) is 9.31. The van der Waals surface area contributed by atoms with Gasteiger partial charge >= 0.3 is 0 Å². The molecule has 0 aliphatic rings. The highest BCUT2D eigenvalue weighted by Gasteiger charge is 2.14. The molecule has 0 radical (unpaired) electrons. The Hall–Kier alpha value is -1.58. The molecule has 84 valence electrons. The molecule has 0 spiro atoms. The van der Waals surface area contributed by atoms with E-state index in [1.807, 2.05) is 12.1 Å². The molecule has 16 heavy (non-hydrogen) atoms. The number of nitrogens with one attached hydrogen (secondary N) is 1. The summed E-state index contributed by atoms with van der Waals surface area (Å²) < 4.78 is 5.36. The molecule has 1 aromatic heterocycles. The molecule has 0 aliphatic heterocycles. The molecule has 0 bridgehead atoms. The predicted molar refractivity (Wildman–Crippen MR) is 63.7 cm³/mol. The second kappa shape index (κ2) is 4.96. The van der Waals surface area contributed by atoms with Gasteiger partial charge in [-0.3, -0.25) is 5.84 Å². The van der Waals surface area contributed by atoms with Crippen LogP contribution in [0.2, 0.25) is 0 Å². The lowest BCUT2D eigenvalue weighted by molar-refractivity contribution is 0.452. The number of aryl methyl sites for hydroxylation is 1. The highest BCUT2D eigenvalue weighted by molar-refractivity contribution is 5.29. The fourth-order valence-corrected chi connectivity index (χ4v) is 1.74. The van der Waals surface area contributed by atoms with Crippen molar-refractivity contribution in [1.82, 2.24) is 5.43 Å². The quantitative estimate of drug-likeness (QED) is 0.609. The third kappa shape index (κ3) is 2.15. The van der Waals surface area contributed by atoms with E-state index in [9.17, 15) is 0 Å². The summed E-state index contributed by atoms with van der Waals surface area (Å²) >= 11 is 0. The van der Waals surface area contributed by atoms with Crippen LogP contribution in [0.15, 0.2) is 47.1 Å². The van der Waals surface area contributed by atoms with Gasteiger partial charge in [-0.05, 0) is 29.7 Å². The molecule has 0 saturated heterocycles. The number of hydrogen-bond donors (Lipinski definition) is 2. The van der Waals surface area contributed by atoms with Crippen LogP contribution in [0.1, 0.15) is 29.9 Å². The van der Waals surface area contributed by atoms with Crippen molar-refractivity contribution < 1.29 is 4.42 Å². The highest BCUT2D eigenvalue weighted by Crippen LogP contribution is 2.21. The van der Waals surface area contributed by atoms with E-state index in [0.717, 1.165) is 17.7 Å². The van der Waals surface area contributed by atoms with Crippen molar-refractivity contribution in [3.8, 4) is 0 Å². The van der Waals surface area contributed by atoms with Gasteiger partial charge < -0.3 is 4.42 Å². The Bertz CT molecular complexity index is 420. The third-order valence-electron chi connectivity index (χ3n) is 2.72. The van der Waals surface area contributed by atoms with Gasteiger partial charge in [-0.15, -0.1) is 0 Å². The third-order valence-corrected chi connectivity index (χ3v) is 2.72. The van der Waals surface area contributed by atoms with E-state index >= 15 is 0 Å². The summed E-state index contributed by atoms with van der Waals surface area (Å²) in [6.45, 7) is 2.14. The van der Waals surface area contributed by atoms with Gasteiger partial charge in [0.1, 0.15) is 11.8 Å². The number of hydrazine groups is 1. The summed E-state index contributed by atoms with van der Waals surface area (Å²) in [6.07, 6.45) is 2.70. The van der Waals surface area contributed by atoms with E-state index in [1.54, 1.807) is 6.26 Å². The van der Waals surface area contributed by atoms with Crippen LogP contribution in [0.4, 0.5) is 0 Å². The second-order valence-corrected chi connectivity index (χ2v) is 3.71. The Kier molecular flexibility index (Phi) is 3.39. The van der Waals surface area contributed by atoms with E-state index in [-0.39, 0.29) is 6.04 Å². The molecule has 3 heteroatoms. The molecule has 2 rings (SSSR count). The maximum Gasteiger partial charge on any atom is 0.126 e. The summed E-state index contributed by atoms with van der Waals surface area (Å²) in [7, 11) is 0. The van der Waals surface area contributed by atoms with E-state index in [1.165, 1.54) is 5.56 Å². The molecule has 0 aliphatic carbocycles. The Balaban J connectivity index is 2.27. The molecule has 1 atom stereocenters. The first-order valence-electron chi connectivity index (χ1n) is 5.43. The minimum Gasteiger partial charge on any atom is -0.467 e. The fraction of sp³-hybridized carbons (Fsp3) is 0.231. The lowest BCUT2D eigenvalue weighted by atomic mass is 10.0. The van der Waals surface area contributed by atoms with E-state index < -0.39 is 0 Å². The summed E-state index contributed by atoms with van der Waals surface area (Å²) in [5.74, 6) is 6.38. The summed E-state index contributed by atoms with van der Waals surface area (Å²) in [5, 5.41) is 0. The van der Waals surface area contributed by atoms with Gasteiger partial charge in [0.2, 0.25) is 0 Å². The Morgan fingerprint density at radius 3 is 2.50 bits per heavy atom. The van der Waals surface area contributed by atoms with Gasteiger partial charge in [0.25, 0.3) is 0 Å². The molecular formula is C13H16N2O. The van der Waals surface area contributed by atoms with E-state index in [2.05, 4.69) is 36.6 Å². The van der Waals surface area contributed by atoms with Crippen LogP contribution >= 0.6 is 0 Å². The minimum absolute atomic E-state index is 0.0825. The Morgan fingerprint density at radius 2 is 2.00 bits per heavy atom. The van der Waals surface area contributed by atoms with Crippen LogP contribution in [0.3, 0.4) is 0 Å². The molecule has 0 fully saturated rings. The Labute approximate surface area is 95.2 Å². The number of rotatable bonds is 4. The van der Waals surface area contributed by atoms with Gasteiger partial charge in [-0.1, -0.05) is 31.2 Å². The number of furan rings is 1. The maximum atomic E-state index is 5.56. The van der Waals surface area contributed by atoms with Gasteiger partial charge in [-0.2, -0.15) is 0 Å². The summed E-state index contributed by atoms with van der Waals surface area (Å²) in [5.41, 5.74) is 5.19. The average Bonchev–Trinajstić information content (AvgIpc) is 2.85. The Morgan fingerprint density at radius 1 is 1.25 bits per heavy atom. The lowest BCUT2D eigenvalue weighted by Crippen LogP contribution is -2.28. The van der Waals surface area contributed by atoms with Crippen LogP contribution in [-0.2, 0) is 6.42 Å². The van der Waals surface area contributed by atoms with Gasteiger partial charge in [-0.25, -0.2) is 5.43 Å². The molecule has 2 aromatic rings. The fourth-order valence-electron chi connectivity index (χ4n) is 1.74.